The quantitative estimate of drug-likeness (QED) is 0.287. The maximum absolute atomic E-state index is 11.3. The van der Waals surface area contributed by atoms with E-state index in [1.807, 2.05) is 0 Å². The topological polar surface area (TPSA) is 116 Å². The molecule has 0 aromatic rings. The summed E-state index contributed by atoms with van der Waals surface area (Å²) in [6.07, 6.45) is -0.238. The normalized spacial score (nSPS) is 15.1. The molecule has 1 rings (SSSR count). The van der Waals surface area contributed by atoms with Gasteiger partial charge in [-0.05, 0) is 6.92 Å². The average molecular weight is 286 g/mol. The molecule has 96 valence electrons. The van der Waals surface area contributed by atoms with Gasteiger partial charge in [-0.1, -0.05) is 0 Å². The molecule has 0 aromatic carbocycles. The van der Waals surface area contributed by atoms with Gasteiger partial charge in [0.25, 0.3) is 0 Å². The molecule has 0 spiro atoms. The average Bonchev–Trinajstić information content (AvgIpc) is 2.56. The fourth-order valence-electron chi connectivity index (χ4n) is 1.17. The molecule has 10 heteroatoms. The summed E-state index contributed by atoms with van der Waals surface area (Å²) in [6.45, 7) is 1.41. The van der Waals surface area contributed by atoms with E-state index in [4.69, 9.17) is 0 Å². The van der Waals surface area contributed by atoms with Crippen molar-refractivity contribution in [1.82, 2.24) is 5.01 Å². The first-order valence-electron chi connectivity index (χ1n) is 4.82. The number of carbonyl (C=O) groups is 2. The van der Waals surface area contributed by atoms with Crippen molar-refractivity contribution in [2.45, 2.75) is 13.3 Å². The second-order valence-electron chi connectivity index (χ2n) is 3.22. The van der Waals surface area contributed by atoms with Crippen LogP contribution in [-0.4, -0.2) is 54.5 Å². The van der Waals surface area contributed by atoms with E-state index in [0.29, 0.717) is 0 Å². The Morgan fingerprint density at radius 1 is 1.56 bits per heavy atom. The summed E-state index contributed by atoms with van der Waals surface area (Å²) in [7, 11) is -4.41. The van der Waals surface area contributed by atoms with Crippen LogP contribution in [0.1, 0.15) is 13.3 Å². The van der Waals surface area contributed by atoms with Crippen LogP contribution in [0.25, 0.3) is 0 Å². The summed E-state index contributed by atoms with van der Waals surface area (Å²) < 4.78 is 35.8. The monoisotopic (exact) mass is 286 g/mol. The number of rotatable bonds is 5. The van der Waals surface area contributed by atoms with Gasteiger partial charge in [-0.2, -0.15) is 5.10 Å². The van der Waals surface area contributed by atoms with E-state index in [-0.39, 0.29) is 54.8 Å². The molecule has 0 saturated carbocycles. The largest absolute Gasteiger partial charge is 1.00 e. The Hall–Kier alpha value is -0.480. The zero-order chi connectivity index (χ0) is 13.1. The first-order chi connectivity index (χ1) is 7.83. The number of hydrogen-bond donors (Lipinski definition) is 0. The van der Waals surface area contributed by atoms with Gasteiger partial charge in [0.2, 0.25) is 5.91 Å². The number of hydrazone groups is 1. The maximum atomic E-state index is 11.3. The number of esters is 1. The summed E-state index contributed by atoms with van der Waals surface area (Å²) in [5, 5.41) is 4.41. The van der Waals surface area contributed by atoms with Crippen LogP contribution in [0.4, 0.5) is 0 Å². The van der Waals surface area contributed by atoms with E-state index in [9.17, 15) is 22.6 Å². The van der Waals surface area contributed by atoms with E-state index in [0.717, 1.165) is 5.01 Å². The van der Waals surface area contributed by atoms with Gasteiger partial charge in [0.05, 0.1) is 35.4 Å². The van der Waals surface area contributed by atoms with E-state index in [1.54, 1.807) is 6.92 Å². The summed E-state index contributed by atoms with van der Waals surface area (Å²) >= 11 is 0. The zero-order valence-electron chi connectivity index (χ0n) is 10.1. The van der Waals surface area contributed by atoms with E-state index in [2.05, 4.69) is 9.84 Å². The van der Waals surface area contributed by atoms with Crippen LogP contribution in [0.15, 0.2) is 5.10 Å². The number of amides is 1. The Morgan fingerprint density at radius 2 is 2.17 bits per heavy atom. The molecule has 0 N–H and O–H groups in total. The molecule has 18 heavy (non-hydrogen) atoms. The van der Waals surface area contributed by atoms with Crippen LogP contribution in [-0.2, 0) is 24.4 Å². The molecule has 0 bridgehead atoms. The zero-order valence-corrected chi connectivity index (χ0v) is 12.9. The number of nitrogens with zero attached hydrogens (tertiary/aromatic N) is 2. The van der Waals surface area contributed by atoms with Crippen LogP contribution < -0.4 is 29.6 Å². The number of carbonyl (C=O) groups excluding carboxylic acids is 2. The van der Waals surface area contributed by atoms with Gasteiger partial charge in [-0.25, -0.2) is 18.2 Å². The predicted molar refractivity (Wildman–Crippen MR) is 55.0 cm³/mol. The summed E-state index contributed by atoms with van der Waals surface area (Å²) in [5.41, 5.74) is -0.0832. The molecular formula is C8H11N2NaO6S. The molecule has 0 saturated heterocycles. The van der Waals surface area contributed by atoms with Gasteiger partial charge in [-0.3, -0.25) is 4.79 Å². The van der Waals surface area contributed by atoms with Gasteiger partial charge in [0, 0.05) is 0 Å². The fraction of sp³-hybridized carbons (Fsp3) is 0.625. The third-order valence-corrected chi connectivity index (χ3v) is 2.59. The van der Waals surface area contributed by atoms with Gasteiger partial charge in [0.1, 0.15) is 0 Å². The minimum absolute atomic E-state index is 0. The molecule has 0 fully saturated rings. The molecule has 0 aliphatic carbocycles. The van der Waals surface area contributed by atoms with Gasteiger partial charge in [-0.15, -0.1) is 0 Å². The molecule has 1 aliphatic heterocycles. The van der Waals surface area contributed by atoms with Crippen LogP contribution in [0.2, 0.25) is 0 Å². The minimum Gasteiger partial charge on any atom is -0.748 e. The summed E-state index contributed by atoms with van der Waals surface area (Å²) in [6, 6.07) is 0. The second kappa shape index (κ2) is 7.19. The maximum Gasteiger partial charge on any atom is 1.00 e. The van der Waals surface area contributed by atoms with Crippen molar-refractivity contribution < 1.29 is 56.9 Å². The van der Waals surface area contributed by atoms with E-state index < -0.39 is 27.7 Å². The number of hydrogen-bond acceptors (Lipinski definition) is 7. The molecule has 8 nitrogen and oxygen atoms in total. The van der Waals surface area contributed by atoms with Crippen LogP contribution in [0.5, 0.6) is 0 Å². The Labute approximate surface area is 126 Å². The Balaban J connectivity index is 0.00000289. The minimum atomic E-state index is -4.41. The molecule has 0 radical (unpaired) electrons. The Kier molecular flexibility index (Phi) is 7.00. The first-order valence-corrected chi connectivity index (χ1v) is 6.39. The predicted octanol–water partition coefficient (Wildman–Crippen LogP) is -4.31. The molecule has 1 amide bonds. The van der Waals surface area contributed by atoms with Crippen LogP contribution in [0.3, 0.4) is 0 Å². The third kappa shape index (κ3) is 5.44. The van der Waals surface area contributed by atoms with Crippen molar-refractivity contribution in [2.75, 3.05) is 18.9 Å². The third-order valence-electron chi connectivity index (χ3n) is 1.91. The van der Waals surface area contributed by atoms with E-state index >= 15 is 0 Å². The summed E-state index contributed by atoms with van der Waals surface area (Å²) in [4.78, 5) is 22.5. The van der Waals surface area contributed by atoms with Gasteiger partial charge < -0.3 is 9.29 Å². The van der Waals surface area contributed by atoms with Gasteiger partial charge in [0.15, 0.2) is 5.71 Å². The van der Waals surface area contributed by atoms with Crippen LogP contribution >= 0.6 is 0 Å². The molecule has 1 aliphatic rings. The Morgan fingerprint density at radius 3 is 2.67 bits per heavy atom. The van der Waals surface area contributed by atoms with Crippen LogP contribution in [0, 0.1) is 0 Å². The van der Waals surface area contributed by atoms with Crippen molar-refractivity contribution in [3.8, 4) is 0 Å². The molecule has 0 aromatic heterocycles. The van der Waals surface area contributed by atoms with Crippen molar-refractivity contribution >= 4 is 27.7 Å². The molecule has 1 heterocycles. The van der Waals surface area contributed by atoms with Gasteiger partial charge >= 0.3 is 35.5 Å². The first kappa shape index (κ1) is 17.5. The van der Waals surface area contributed by atoms with Crippen molar-refractivity contribution in [1.29, 1.82) is 0 Å². The van der Waals surface area contributed by atoms with Crippen molar-refractivity contribution in [3.63, 3.8) is 0 Å². The molecular weight excluding hydrogens is 275 g/mol. The Bertz CT molecular complexity index is 460. The van der Waals surface area contributed by atoms with Crippen molar-refractivity contribution in [3.05, 3.63) is 0 Å². The fourth-order valence-corrected chi connectivity index (χ4v) is 1.57. The number of ether oxygens (including phenoxy) is 1. The molecule has 0 atom stereocenters. The molecule has 0 unspecified atom stereocenters. The van der Waals surface area contributed by atoms with E-state index in [1.165, 1.54) is 0 Å². The second-order valence-corrected chi connectivity index (χ2v) is 4.75. The SMILES string of the molecule is CCOC(=O)C1=NN(CCS(=O)(=O)[O-])C(=O)C1.[Na+]. The van der Waals surface area contributed by atoms with Crippen molar-refractivity contribution in [2.24, 2.45) is 5.10 Å². The standard InChI is InChI=1S/C8H12N2O6S.Na/c1-2-16-8(12)6-5-7(11)10(9-6)3-4-17(13,14)15;/h2-5H2,1H3,(H,13,14,15);/q;+1/p-1. The smallest absolute Gasteiger partial charge is 0.748 e. The summed E-state index contributed by atoms with van der Waals surface area (Å²) in [5.74, 6) is -1.98.